The lowest BCUT2D eigenvalue weighted by molar-refractivity contribution is 0.415. The maximum Gasteiger partial charge on any atom is 0.161 e. The van der Waals surface area contributed by atoms with Crippen LogP contribution < -0.4 is 10.1 Å². The molecule has 2 aromatic heterocycles. The summed E-state index contributed by atoms with van der Waals surface area (Å²) in [5.41, 5.74) is 5.63. The molecule has 0 amide bonds. The van der Waals surface area contributed by atoms with E-state index in [9.17, 15) is 0 Å². The van der Waals surface area contributed by atoms with Crippen LogP contribution in [-0.4, -0.2) is 21.7 Å². The van der Waals surface area contributed by atoms with Crippen molar-refractivity contribution in [1.29, 1.82) is 0 Å². The zero-order chi connectivity index (χ0) is 19.0. The Labute approximate surface area is 162 Å². The summed E-state index contributed by atoms with van der Waals surface area (Å²) in [4.78, 5) is 4.68. The topological polar surface area (TPSA) is 51.5 Å². The van der Waals surface area contributed by atoms with Crippen molar-refractivity contribution in [2.45, 2.75) is 13.8 Å². The first-order chi connectivity index (χ1) is 13.0. The summed E-state index contributed by atoms with van der Waals surface area (Å²) in [5.74, 6) is 1.67. The molecule has 0 saturated heterocycles. The number of aryl methyl sites for hydroxylation is 2. The fourth-order valence-electron chi connectivity index (χ4n) is 3.04. The Kier molecular flexibility index (Phi) is 4.46. The predicted molar refractivity (Wildman–Crippen MR) is 109 cm³/mol. The molecular weight excluding hydrogens is 360 g/mol. The smallest absolute Gasteiger partial charge is 0.161 e. The molecule has 2 heterocycles. The van der Waals surface area contributed by atoms with E-state index in [4.69, 9.17) is 21.4 Å². The van der Waals surface area contributed by atoms with Gasteiger partial charge in [-0.05, 0) is 50.2 Å². The molecule has 0 aliphatic carbocycles. The van der Waals surface area contributed by atoms with Crippen molar-refractivity contribution < 1.29 is 4.74 Å². The second kappa shape index (κ2) is 6.93. The van der Waals surface area contributed by atoms with Crippen LogP contribution in [0.1, 0.15) is 11.3 Å². The number of hydrogen-bond donors (Lipinski definition) is 1. The van der Waals surface area contributed by atoms with Crippen molar-refractivity contribution in [3.05, 3.63) is 70.9 Å². The average Bonchev–Trinajstić information content (AvgIpc) is 3.00. The second-order valence-corrected chi connectivity index (χ2v) is 6.79. The Bertz CT molecular complexity index is 1100. The van der Waals surface area contributed by atoms with Crippen molar-refractivity contribution in [1.82, 2.24) is 14.6 Å². The molecule has 0 aliphatic rings. The van der Waals surface area contributed by atoms with E-state index < -0.39 is 0 Å². The van der Waals surface area contributed by atoms with Crippen molar-refractivity contribution in [3.8, 4) is 17.0 Å². The number of rotatable bonds is 4. The van der Waals surface area contributed by atoms with Crippen LogP contribution in [0.5, 0.6) is 5.75 Å². The van der Waals surface area contributed by atoms with Crippen molar-refractivity contribution in [2.75, 3.05) is 12.4 Å². The van der Waals surface area contributed by atoms with Gasteiger partial charge < -0.3 is 10.1 Å². The minimum absolute atomic E-state index is 0.705. The Balaban J connectivity index is 1.80. The summed E-state index contributed by atoms with van der Waals surface area (Å²) in [6.07, 6.45) is 0. The van der Waals surface area contributed by atoms with Crippen LogP contribution in [0.25, 0.3) is 16.9 Å². The van der Waals surface area contributed by atoms with Gasteiger partial charge in [-0.25, -0.2) is 4.98 Å². The Morgan fingerprint density at radius 1 is 1.00 bits per heavy atom. The zero-order valence-corrected chi connectivity index (χ0v) is 16.1. The van der Waals surface area contributed by atoms with Gasteiger partial charge in [0, 0.05) is 33.6 Å². The van der Waals surface area contributed by atoms with Gasteiger partial charge >= 0.3 is 0 Å². The highest BCUT2D eigenvalue weighted by Crippen LogP contribution is 2.29. The van der Waals surface area contributed by atoms with Gasteiger partial charge in [-0.1, -0.05) is 23.7 Å². The highest BCUT2D eigenvalue weighted by atomic mass is 35.5. The number of hydrogen-bond acceptors (Lipinski definition) is 4. The number of halogens is 1. The third-order valence-electron chi connectivity index (χ3n) is 4.43. The molecule has 6 heteroatoms. The summed E-state index contributed by atoms with van der Waals surface area (Å²) >= 11 is 6.02. The van der Waals surface area contributed by atoms with Gasteiger partial charge in [-0.3, -0.25) is 0 Å². The van der Waals surface area contributed by atoms with Crippen LogP contribution >= 0.6 is 11.6 Å². The first kappa shape index (κ1) is 17.4. The zero-order valence-electron chi connectivity index (χ0n) is 15.3. The normalized spacial score (nSPS) is 11.0. The van der Waals surface area contributed by atoms with E-state index >= 15 is 0 Å². The van der Waals surface area contributed by atoms with Crippen molar-refractivity contribution in [2.24, 2.45) is 0 Å². The average molecular weight is 379 g/mol. The number of anilines is 2. The van der Waals surface area contributed by atoms with E-state index in [1.54, 1.807) is 7.11 Å². The number of ether oxygens (including phenoxy) is 1. The number of aromatic nitrogens is 3. The van der Waals surface area contributed by atoms with E-state index in [0.29, 0.717) is 5.02 Å². The van der Waals surface area contributed by atoms with E-state index in [0.717, 1.165) is 45.4 Å². The fraction of sp³-hybridized carbons (Fsp3) is 0.143. The van der Waals surface area contributed by atoms with E-state index in [-0.39, 0.29) is 0 Å². The summed E-state index contributed by atoms with van der Waals surface area (Å²) in [6.45, 7) is 4.02. The monoisotopic (exact) mass is 378 g/mol. The second-order valence-electron chi connectivity index (χ2n) is 6.35. The van der Waals surface area contributed by atoms with Gasteiger partial charge in [-0.15, -0.1) is 0 Å². The summed E-state index contributed by atoms with van der Waals surface area (Å²) in [5, 5.41) is 8.94. The SMILES string of the molecule is COc1ccc(Nc2cc(C)nc3c(C)c(-c4ccc(Cl)cc4)nn23)cc1. The third-order valence-corrected chi connectivity index (χ3v) is 4.68. The number of nitrogens with zero attached hydrogens (tertiary/aromatic N) is 3. The molecule has 0 saturated carbocycles. The van der Waals surface area contributed by atoms with Gasteiger partial charge in [-0.2, -0.15) is 9.61 Å². The standard InChI is InChI=1S/C21H19ClN4O/c1-13-12-19(24-17-8-10-18(27-3)11-9-17)26-21(23-13)14(2)20(25-26)15-4-6-16(22)7-5-15/h4-12,24H,1-3H3. The molecule has 0 atom stereocenters. The van der Waals surface area contributed by atoms with Crippen LogP contribution in [0, 0.1) is 13.8 Å². The number of nitrogens with one attached hydrogen (secondary N) is 1. The Hall–Kier alpha value is -3.05. The van der Waals surface area contributed by atoms with E-state index in [2.05, 4.69) is 10.3 Å². The number of fused-ring (bicyclic) bond motifs is 1. The summed E-state index contributed by atoms with van der Waals surface area (Å²) in [7, 11) is 1.66. The first-order valence-electron chi connectivity index (χ1n) is 8.59. The molecular formula is C21H19ClN4O. The largest absolute Gasteiger partial charge is 0.497 e. The molecule has 5 nitrogen and oxygen atoms in total. The van der Waals surface area contributed by atoms with Gasteiger partial charge in [0.25, 0.3) is 0 Å². The van der Waals surface area contributed by atoms with Crippen LogP contribution in [0.3, 0.4) is 0 Å². The molecule has 0 bridgehead atoms. The molecule has 4 rings (SSSR count). The maximum absolute atomic E-state index is 6.02. The molecule has 0 radical (unpaired) electrons. The molecule has 2 aromatic carbocycles. The van der Waals surface area contributed by atoms with Crippen LogP contribution in [0.15, 0.2) is 54.6 Å². The maximum atomic E-state index is 6.02. The highest BCUT2D eigenvalue weighted by molar-refractivity contribution is 6.30. The van der Waals surface area contributed by atoms with Gasteiger partial charge in [0.2, 0.25) is 0 Å². The number of methoxy groups -OCH3 is 1. The molecule has 0 spiro atoms. The van der Waals surface area contributed by atoms with Crippen LogP contribution in [0.2, 0.25) is 5.02 Å². The van der Waals surface area contributed by atoms with E-state index in [1.807, 2.05) is 73.0 Å². The van der Waals surface area contributed by atoms with Crippen molar-refractivity contribution in [3.63, 3.8) is 0 Å². The molecule has 4 aromatic rings. The molecule has 0 unspecified atom stereocenters. The predicted octanol–water partition coefficient (Wildman–Crippen LogP) is 5.42. The molecule has 0 aliphatic heterocycles. The van der Waals surface area contributed by atoms with Gasteiger partial charge in [0.15, 0.2) is 5.65 Å². The van der Waals surface area contributed by atoms with E-state index in [1.165, 1.54) is 0 Å². The first-order valence-corrected chi connectivity index (χ1v) is 8.97. The Morgan fingerprint density at radius 2 is 1.70 bits per heavy atom. The fourth-order valence-corrected chi connectivity index (χ4v) is 3.16. The minimum Gasteiger partial charge on any atom is -0.497 e. The third kappa shape index (κ3) is 3.34. The molecule has 0 fully saturated rings. The lowest BCUT2D eigenvalue weighted by Crippen LogP contribution is -2.02. The number of benzene rings is 2. The minimum atomic E-state index is 0.705. The quantitative estimate of drug-likeness (QED) is 0.515. The highest BCUT2D eigenvalue weighted by Gasteiger charge is 2.15. The van der Waals surface area contributed by atoms with Gasteiger partial charge in [0.05, 0.1) is 12.8 Å². The molecule has 1 N–H and O–H groups in total. The van der Waals surface area contributed by atoms with Gasteiger partial charge in [0.1, 0.15) is 11.6 Å². The van der Waals surface area contributed by atoms with Crippen LogP contribution in [0.4, 0.5) is 11.5 Å². The lowest BCUT2D eigenvalue weighted by atomic mass is 10.1. The lowest BCUT2D eigenvalue weighted by Gasteiger charge is -2.10. The summed E-state index contributed by atoms with van der Waals surface area (Å²) < 4.78 is 7.06. The van der Waals surface area contributed by atoms with Crippen LogP contribution in [-0.2, 0) is 0 Å². The summed E-state index contributed by atoms with van der Waals surface area (Å²) in [6, 6.07) is 17.4. The molecule has 27 heavy (non-hydrogen) atoms. The van der Waals surface area contributed by atoms with Crippen molar-refractivity contribution >= 4 is 28.8 Å². The Morgan fingerprint density at radius 3 is 2.37 bits per heavy atom. The molecule has 136 valence electrons.